The number of carboxylic acids is 1. The molecule has 0 saturated carbocycles. The average molecular weight is 355 g/mol. The maximum Gasteiger partial charge on any atom is 0.335 e. The largest absolute Gasteiger partial charge is 0.478 e. The van der Waals surface area contributed by atoms with Crippen LogP contribution >= 0.6 is 15.9 Å². The molecule has 21 heavy (non-hydrogen) atoms. The van der Waals surface area contributed by atoms with Crippen molar-refractivity contribution in [2.45, 2.75) is 20.3 Å². The zero-order valence-corrected chi connectivity index (χ0v) is 13.7. The summed E-state index contributed by atoms with van der Waals surface area (Å²) in [5, 5.41) is 11.8. The molecule has 2 amide bonds. The molecule has 1 aromatic carbocycles. The molecule has 2 rings (SSSR count). The van der Waals surface area contributed by atoms with E-state index in [1.54, 1.807) is 11.0 Å². The molecule has 1 aliphatic heterocycles. The second-order valence-corrected chi connectivity index (χ2v) is 6.52. The van der Waals surface area contributed by atoms with Crippen LogP contribution in [0.1, 0.15) is 30.6 Å². The van der Waals surface area contributed by atoms with Crippen LogP contribution in [0.3, 0.4) is 0 Å². The Labute approximate surface area is 132 Å². The molecular formula is C15H19BrN2O3. The van der Waals surface area contributed by atoms with E-state index >= 15 is 0 Å². The summed E-state index contributed by atoms with van der Waals surface area (Å²) in [6, 6.07) is 4.40. The number of rotatable bonds is 3. The first-order valence-corrected chi connectivity index (χ1v) is 7.76. The van der Waals surface area contributed by atoms with Gasteiger partial charge in [-0.3, -0.25) is 0 Å². The van der Waals surface area contributed by atoms with Gasteiger partial charge >= 0.3 is 12.0 Å². The number of benzene rings is 1. The number of amides is 2. The molecular weight excluding hydrogens is 336 g/mol. The van der Waals surface area contributed by atoms with Gasteiger partial charge in [-0.1, -0.05) is 13.8 Å². The van der Waals surface area contributed by atoms with Crippen molar-refractivity contribution in [2.24, 2.45) is 11.8 Å². The number of urea groups is 1. The maximum atomic E-state index is 12.3. The van der Waals surface area contributed by atoms with E-state index in [0.717, 1.165) is 19.5 Å². The third-order valence-corrected chi connectivity index (χ3v) is 4.60. The van der Waals surface area contributed by atoms with Crippen LogP contribution < -0.4 is 5.32 Å². The standard InChI is InChI=1S/C15H19BrN2O3/c1-9(2)11-5-6-18(8-11)15(21)17-13-7-10(14(19)20)3-4-12(13)16/h3-4,7,9,11H,5-6,8H2,1-2H3,(H,17,21)(H,19,20). The highest BCUT2D eigenvalue weighted by Gasteiger charge is 2.28. The number of nitrogens with one attached hydrogen (secondary N) is 1. The highest BCUT2D eigenvalue weighted by atomic mass is 79.9. The molecule has 0 aromatic heterocycles. The fraction of sp³-hybridized carbons (Fsp3) is 0.467. The lowest BCUT2D eigenvalue weighted by Gasteiger charge is -2.19. The minimum absolute atomic E-state index is 0.148. The molecule has 1 aromatic rings. The number of hydrogen-bond donors (Lipinski definition) is 2. The third-order valence-electron chi connectivity index (χ3n) is 3.91. The van der Waals surface area contributed by atoms with Crippen molar-refractivity contribution >= 4 is 33.6 Å². The van der Waals surface area contributed by atoms with E-state index in [2.05, 4.69) is 35.1 Å². The summed E-state index contributed by atoms with van der Waals surface area (Å²) in [5.41, 5.74) is 0.628. The molecule has 5 nitrogen and oxygen atoms in total. The Kier molecular flexibility index (Phi) is 4.88. The van der Waals surface area contributed by atoms with Gasteiger partial charge in [0.15, 0.2) is 0 Å². The van der Waals surface area contributed by atoms with Crippen LogP contribution in [0.2, 0.25) is 0 Å². The van der Waals surface area contributed by atoms with Crippen LogP contribution in [0.5, 0.6) is 0 Å². The first-order valence-electron chi connectivity index (χ1n) is 6.97. The summed E-state index contributed by atoms with van der Waals surface area (Å²) in [4.78, 5) is 25.0. The Morgan fingerprint density at radius 2 is 2.14 bits per heavy atom. The van der Waals surface area contributed by atoms with Gasteiger partial charge in [-0.25, -0.2) is 9.59 Å². The average Bonchev–Trinajstić information content (AvgIpc) is 2.90. The quantitative estimate of drug-likeness (QED) is 0.869. The second kappa shape index (κ2) is 6.47. The lowest BCUT2D eigenvalue weighted by atomic mass is 9.95. The third kappa shape index (κ3) is 3.75. The minimum Gasteiger partial charge on any atom is -0.478 e. The second-order valence-electron chi connectivity index (χ2n) is 5.67. The van der Waals surface area contributed by atoms with Crippen LogP contribution in [-0.2, 0) is 0 Å². The number of carboxylic acid groups (broad SMARTS) is 1. The lowest BCUT2D eigenvalue weighted by Crippen LogP contribution is -2.33. The fourth-order valence-electron chi connectivity index (χ4n) is 2.46. The zero-order valence-electron chi connectivity index (χ0n) is 12.1. The number of hydrogen-bond acceptors (Lipinski definition) is 2. The van der Waals surface area contributed by atoms with E-state index in [0.29, 0.717) is 22.0 Å². The van der Waals surface area contributed by atoms with E-state index < -0.39 is 5.97 Å². The van der Waals surface area contributed by atoms with Crippen LogP contribution in [-0.4, -0.2) is 35.1 Å². The molecule has 0 radical (unpaired) electrons. The Bertz CT molecular complexity index is 560. The summed E-state index contributed by atoms with van der Waals surface area (Å²) >= 11 is 3.33. The number of nitrogens with zero attached hydrogens (tertiary/aromatic N) is 1. The van der Waals surface area contributed by atoms with Gasteiger partial charge in [0.2, 0.25) is 0 Å². The predicted octanol–water partition coefficient (Wildman–Crippen LogP) is 3.66. The Balaban J connectivity index is 2.06. The SMILES string of the molecule is CC(C)C1CCN(C(=O)Nc2cc(C(=O)O)ccc2Br)C1. The molecule has 114 valence electrons. The van der Waals surface area contributed by atoms with Crippen molar-refractivity contribution in [3.8, 4) is 0 Å². The van der Waals surface area contributed by atoms with Crippen LogP contribution in [0.25, 0.3) is 0 Å². The van der Waals surface area contributed by atoms with Gasteiger partial charge in [0, 0.05) is 17.6 Å². The summed E-state index contributed by atoms with van der Waals surface area (Å²) in [6.07, 6.45) is 1.02. The van der Waals surface area contributed by atoms with Crippen LogP contribution in [0.15, 0.2) is 22.7 Å². The number of anilines is 1. The van der Waals surface area contributed by atoms with Crippen molar-refractivity contribution < 1.29 is 14.7 Å². The number of carbonyl (C=O) groups excluding carboxylic acids is 1. The summed E-state index contributed by atoms with van der Waals surface area (Å²) in [6.45, 7) is 5.82. The predicted molar refractivity (Wildman–Crippen MR) is 84.6 cm³/mol. The number of aromatic carboxylic acids is 1. The van der Waals surface area contributed by atoms with Crippen molar-refractivity contribution in [3.05, 3.63) is 28.2 Å². The highest BCUT2D eigenvalue weighted by Crippen LogP contribution is 2.27. The van der Waals surface area contributed by atoms with Gasteiger partial charge in [-0.05, 0) is 52.4 Å². The minimum atomic E-state index is -1.01. The van der Waals surface area contributed by atoms with E-state index in [-0.39, 0.29) is 11.6 Å². The van der Waals surface area contributed by atoms with Gasteiger partial charge in [-0.2, -0.15) is 0 Å². The van der Waals surface area contributed by atoms with Gasteiger partial charge in [0.25, 0.3) is 0 Å². The lowest BCUT2D eigenvalue weighted by molar-refractivity contribution is 0.0697. The molecule has 1 saturated heterocycles. The first-order chi connectivity index (χ1) is 9.88. The molecule has 1 unspecified atom stereocenters. The smallest absolute Gasteiger partial charge is 0.335 e. The molecule has 0 bridgehead atoms. The summed E-state index contributed by atoms with van der Waals surface area (Å²) in [7, 11) is 0. The van der Waals surface area contributed by atoms with Crippen LogP contribution in [0.4, 0.5) is 10.5 Å². The monoisotopic (exact) mass is 354 g/mol. The molecule has 1 aliphatic rings. The number of halogens is 1. The molecule has 6 heteroatoms. The Morgan fingerprint density at radius 1 is 1.43 bits per heavy atom. The van der Waals surface area contributed by atoms with E-state index in [9.17, 15) is 9.59 Å². The summed E-state index contributed by atoms with van der Waals surface area (Å²) in [5.74, 6) is 0.0773. The normalized spacial score (nSPS) is 18.1. The zero-order chi connectivity index (χ0) is 15.6. The fourth-order valence-corrected chi connectivity index (χ4v) is 2.81. The van der Waals surface area contributed by atoms with Crippen molar-refractivity contribution in [1.29, 1.82) is 0 Å². The van der Waals surface area contributed by atoms with Gasteiger partial charge in [-0.15, -0.1) is 0 Å². The van der Waals surface area contributed by atoms with Gasteiger partial charge in [0.1, 0.15) is 0 Å². The van der Waals surface area contributed by atoms with Crippen LogP contribution in [0, 0.1) is 11.8 Å². The topological polar surface area (TPSA) is 69.6 Å². The molecule has 0 aliphatic carbocycles. The summed E-state index contributed by atoms with van der Waals surface area (Å²) < 4.78 is 0.667. The Hall–Kier alpha value is -1.56. The molecule has 1 heterocycles. The van der Waals surface area contributed by atoms with Crippen molar-refractivity contribution in [2.75, 3.05) is 18.4 Å². The van der Waals surface area contributed by atoms with Gasteiger partial charge in [0.05, 0.1) is 11.3 Å². The van der Waals surface area contributed by atoms with E-state index in [1.807, 2.05) is 0 Å². The molecule has 2 N–H and O–H groups in total. The van der Waals surface area contributed by atoms with Gasteiger partial charge < -0.3 is 15.3 Å². The number of carbonyl (C=O) groups is 2. The Morgan fingerprint density at radius 3 is 2.71 bits per heavy atom. The van der Waals surface area contributed by atoms with E-state index in [1.165, 1.54) is 12.1 Å². The molecule has 1 atom stereocenters. The van der Waals surface area contributed by atoms with Crippen molar-refractivity contribution in [3.63, 3.8) is 0 Å². The highest BCUT2D eigenvalue weighted by molar-refractivity contribution is 9.10. The maximum absolute atomic E-state index is 12.3. The van der Waals surface area contributed by atoms with E-state index in [4.69, 9.17) is 5.11 Å². The first kappa shape index (κ1) is 15.8. The molecule has 0 spiro atoms. The molecule has 1 fully saturated rings. The van der Waals surface area contributed by atoms with Crippen molar-refractivity contribution in [1.82, 2.24) is 4.90 Å². The number of likely N-dealkylation sites (tertiary alicyclic amines) is 1.